The summed E-state index contributed by atoms with van der Waals surface area (Å²) in [6.07, 6.45) is 1.26. The summed E-state index contributed by atoms with van der Waals surface area (Å²) < 4.78 is 0. The van der Waals surface area contributed by atoms with Gasteiger partial charge in [-0.05, 0) is 50.2 Å². The van der Waals surface area contributed by atoms with Crippen LogP contribution in [0.25, 0.3) is 0 Å². The van der Waals surface area contributed by atoms with Crippen LogP contribution in [0.3, 0.4) is 0 Å². The molecule has 0 saturated carbocycles. The van der Waals surface area contributed by atoms with E-state index in [2.05, 4.69) is 10.2 Å². The Hall–Kier alpha value is -1.39. The van der Waals surface area contributed by atoms with Gasteiger partial charge in [0.15, 0.2) is 0 Å². The average molecular weight is 247 g/mol. The Morgan fingerprint density at radius 3 is 2.78 bits per heavy atom. The minimum Gasteiger partial charge on any atom is -0.366 e. The van der Waals surface area contributed by atoms with E-state index in [-0.39, 0.29) is 5.91 Å². The van der Waals surface area contributed by atoms with Crippen molar-refractivity contribution in [2.45, 2.75) is 13.0 Å². The summed E-state index contributed by atoms with van der Waals surface area (Å²) >= 11 is 0. The molecular formula is C14H21N3O. The molecule has 1 heterocycles. The van der Waals surface area contributed by atoms with Gasteiger partial charge < -0.3 is 11.1 Å². The lowest BCUT2D eigenvalue weighted by Crippen LogP contribution is -2.24. The van der Waals surface area contributed by atoms with E-state index in [1.54, 1.807) is 12.1 Å². The van der Waals surface area contributed by atoms with E-state index >= 15 is 0 Å². The Balaban J connectivity index is 1.88. The monoisotopic (exact) mass is 247 g/mol. The zero-order valence-corrected chi connectivity index (χ0v) is 10.9. The molecule has 0 spiro atoms. The molecule has 1 aromatic carbocycles. The zero-order valence-electron chi connectivity index (χ0n) is 10.9. The van der Waals surface area contributed by atoms with Crippen LogP contribution in [0.1, 0.15) is 22.3 Å². The van der Waals surface area contributed by atoms with E-state index in [0.717, 1.165) is 32.1 Å². The lowest BCUT2D eigenvalue weighted by atomic mass is 10.1. The molecule has 1 saturated heterocycles. The Morgan fingerprint density at radius 2 is 2.17 bits per heavy atom. The Labute approximate surface area is 108 Å². The lowest BCUT2D eigenvalue weighted by Gasteiger charge is -2.16. The predicted molar refractivity (Wildman–Crippen MR) is 72.3 cm³/mol. The van der Waals surface area contributed by atoms with Gasteiger partial charge in [0.05, 0.1) is 0 Å². The molecule has 1 fully saturated rings. The number of likely N-dealkylation sites (tertiary alicyclic amines) is 1. The van der Waals surface area contributed by atoms with Gasteiger partial charge in [0, 0.05) is 18.7 Å². The molecule has 1 aliphatic rings. The summed E-state index contributed by atoms with van der Waals surface area (Å²) in [4.78, 5) is 13.4. The second-order valence-corrected chi connectivity index (χ2v) is 5.01. The summed E-state index contributed by atoms with van der Waals surface area (Å²) in [6.45, 7) is 4.36. The summed E-state index contributed by atoms with van der Waals surface area (Å²) in [5.41, 5.74) is 7.04. The number of hydrogen-bond acceptors (Lipinski definition) is 3. The number of nitrogens with one attached hydrogen (secondary N) is 1. The molecule has 1 aliphatic heterocycles. The van der Waals surface area contributed by atoms with E-state index < -0.39 is 0 Å². The largest absolute Gasteiger partial charge is 0.366 e. The third kappa shape index (κ3) is 3.31. The van der Waals surface area contributed by atoms with Crippen LogP contribution in [0, 0.1) is 5.92 Å². The minimum absolute atomic E-state index is 0.364. The smallest absolute Gasteiger partial charge is 0.248 e. The molecule has 4 nitrogen and oxygen atoms in total. The molecule has 0 radical (unpaired) electrons. The number of nitrogens with two attached hydrogens (primary N) is 1. The molecule has 4 heteroatoms. The van der Waals surface area contributed by atoms with Crippen LogP contribution in [-0.2, 0) is 6.54 Å². The lowest BCUT2D eigenvalue weighted by molar-refractivity contribution is 0.100. The van der Waals surface area contributed by atoms with Crippen molar-refractivity contribution in [1.82, 2.24) is 10.2 Å². The third-order valence-corrected chi connectivity index (χ3v) is 3.51. The molecule has 1 unspecified atom stereocenters. The standard InChI is InChI=1S/C14H21N3O/c1-16-8-12-6-7-17(10-12)9-11-2-4-13(5-3-11)14(15)18/h2-5,12,16H,6-10H2,1H3,(H2,15,18). The van der Waals surface area contributed by atoms with Crippen molar-refractivity contribution in [2.24, 2.45) is 11.7 Å². The van der Waals surface area contributed by atoms with Gasteiger partial charge >= 0.3 is 0 Å². The molecule has 3 N–H and O–H groups in total. The minimum atomic E-state index is -0.364. The molecule has 98 valence electrons. The van der Waals surface area contributed by atoms with Crippen molar-refractivity contribution < 1.29 is 4.79 Å². The van der Waals surface area contributed by atoms with Crippen molar-refractivity contribution >= 4 is 5.91 Å². The average Bonchev–Trinajstić information content (AvgIpc) is 2.78. The number of primary amides is 1. The summed E-state index contributed by atoms with van der Waals surface area (Å²) in [5.74, 6) is 0.400. The van der Waals surface area contributed by atoms with Crippen molar-refractivity contribution in [3.05, 3.63) is 35.4 Å². The molecule has 18 heavy (non-hydrogen) atoms. The number of benzene rings is 1. The molecule has 0 bridgehead atoms. The number of carbonyl (C=O) groups is 1. The van der Waals surface area contributed by atoms with E-state index in [0.29, 0.717) is 5.56 Å². The van der Waals surface area contributed by atoms with Crippen LogP contribution in [0.2, 0.25) is 0 Å². The van der Waals surface area contributed by atoms with Crippen LogP contribution in [0.4, 0.5) is 0 Å². The van der Waals surface area contributed by atoms with Crippen LogP contribution < -0.4 is 11.1 Å². The first-order valence-corrected chi connectivity index (χ1v) is 6.44. The quantitative estimate of drug-likeness (QED) is 0.810. The van der Waals surface area contributed by atoms with Gasteiger partial charge in [-0.1, -0.05) is 12.1 Å². The van der Waals surface area contributed by atoms with E-state index in [1.807, 2.05) is 19.2 Å². The van der Waals surface area contributed by atoms with Gasteiger partial charge in [-0.15, -0.1) is 0 Å². The first kappa shape index (κ1) is 13.1. The van der Waals surface area contributed by atoms with E-state index in [9.17, 15) is 4.79 Å². The second-order valence-electron chi connectivity index (χ2n) is 5.01. The normalized spacial score (nSPS) is 20.2. The van der Waals surface area contributed by atoms with E-state index in [1.165, 1.54) is 12.0 Å². The highest BCUT2D eigenvalue weighted by Crippen LogP contribution is 2.18. The number of rotatable bonds is 5. The first-order chi connectivity index (χ1) is 8.69. The summed E-state index contributed by atoms with van der Waals surface area (Å²) in [5, 5.41) is 3.24. The Morgan fingerprint density at radius 1 is 1.44 bits per heavy atom. The topological polar surface area (TPSA) is 58.4 Å². The SMILES string of the molecule is CNCC1CCN(Cc2ccc(C(N)=O)cc2)C1. The fourth-order valence-electron chi connectivity index (χ4n) is 2.54. The van der Waals surface area contributed by atoms with Gasteiger partial charge in [0.1, 0.15) is 0 Å². The van der Waals surface area contributed by atoms with E-state index in [4.69, 9.17) is 5.73 Å². The second kappa shape index (κ2) is 5.98. The Bertz CT molecular complexity index is 402. The number of hydrogen-bond donors (Lipinski definition) is 2. The third-order valence-electron chi connectivity index (χ3n) is 3.51. The van der Waals surface area contributed by atoms with Gasteiger partial charge in [-0.2, -0.15) is 0 Å². The zero-order chi connectivity index (χ0) is 13.0. The Kier molecular flexibility index (Phi) is 4.33. The van der Waals surface area contributed by atoms with Gasteiger partial charge in [0.2, 0.25) is 5.91 Å². The maximum atomic E-state index is 11.0. The number of carbonyl (C=O) groups excluding carboxylic acids is 1. The number of nitrogens with zero attached hydrogens (tertiary/aromatic N) is 1. The highest BCUT2D eigenvalue weighted by molar-refractivity contribution is 5.92. The van der Waals surface area contributed by atoms with Crippen molar-refractivity contribution in [2.75, 3.05) is 26.7 Å². The van der Waals surface area contributed by atoms with Gasteiger partial charge in [-0.3, -0.25) is 9.69 Å². The maximum Gasteiger partial charge on any atom is 0.248 e. The van der Waals surface area contributed by atoms with Crippen LogP contribution in [0.15, 0.2) is 24.3 Å². The first-order valence-electron chi connectivity index (χ1n) is 6.44. The van der Waals surface area contributed by atoms with Gasteiger partial charge in [0.25, 0.3) is 0 Å². The number of amides is 1. The fraction of sp³-hybridized carbons (Fsp3) is 0.500. The molecule has 1 aromatic rings. The molecule has 1 amide bonds. The molecule has 1 atom stereocenters. The summed E-state index contributed by atoms with van der Waals surface area (Å²) in [7, 11) is 2.01. The predicted octanol–water partition coefficient (Wildman–Crippen LogP) is 0.827. The molecule has 2 rings (SSSR count). The fourth-order valence-corrected chi connectivity index (χ4v) is 2.54. The molecular weight excluding hydrogens is 226 g/mol. The van der Waals surface area contributed by atoms with Crippen LogP contribution >= 0.6 is 0 Å². The molecule has 0 aromatic heterocycles. The van der Waals surface area contributed by atoms with Gasteiger partial charge in [-0.25, -0.2) is 0 Å². The highest BCUT2D eigenvalue weighted by Gasteiger charge is 2.21. The van der Waals surface area contributed by atoms with Crippen LogP contribution in [0.5, 0.6) is 0 Å². The van der Waals surface area contributed by atoms with Crippen LogP contribution in [-0.4, -0.2) is 37.5 Å². The molecule has 0 aliphatic carbocycles. The summed E-state index contributed by atoms with van der Waals surface area (Å²) in [6, 6.07) is 7.59. The van der Waals surface area contributed by atoms with Crippen molar-refractivity contribution in [3.8, 4) is 0 Å². The van der Waals surface area contributed by atoms with Crippen molar-refractivity contribution in [3.63, 3.8) is 0 Å². The van der Waals surface area contributed by atoms with Crippen molar-refractivity contribution in [1.29, 1.82) is 0 Å². The maximum absolute atomic E-state index is 11.0. The highest BCUT2D eigenvalue weighted by atomic mass is 16.1.